The molecular weight excluding hydrogens is 446 g/mol. The fourth-order valence-electron chi connectivity index (χ4n) is 3.11. The summed E-state index contributed by atoms with van der Waals surface area (Å²) < 4.78 is 59.7. The number of nitrogens with zero attached hydrogens (tertiary/aromatic N) is 5. The van der Waals surface area contributed by atoms with Crippen molar-refractivity contribution in [3.8, 4) is 5.69 Å². The zero-order valence-corrected chi connectivity index (χ0v) is 17.4. The molecule has 1 aliphatic heterocycles. The lowest BCUT2D eigenvalue weighted by Crippen LogP contribution is -2.40. The highest BCUT2D eigenvalue weighted by atomic mass is 32.2. The number of carbonyl (C=O) groups excluding carboxylic acids is 1. The number of hydrogen-bond donors (Lipinski definition) is 1. The van der Waals surface area contributed by atoms with Crippen LogP contribution in [-0.2, 0) is 21.3 Å². The second kappa shape index (κ2) is 9.06. The van der Waals surface area contributed by atoms with E-state index in [-0.39, 0.29) is 41.6 Å². The van der Waals surface area contributed by atoms with Gasteiger partial charge in [0.15, 0.2) is 17.5 Å². The van der Waals surface area contributed by atoms with E-state index < -0.39 is 27.6 Å². The minimum atomic E-state index is -3.66. The van der Waals surface area contributed by atoms with Crippen molar-refractivity contribution in [3.63, 3.8) is 0 Å². The number of sulfonamides is 1. The number of aromatic nitrogens is 4. The summed E-state index contributed by atoms with van der Waals surface area (Å²) in [6.45, 7) is 1.13. The van der Waals surface area contributed by atoms with Gasteiger partial charge in [0.25, 0.3) is 5.91 Å². The fourth-order valence-corrected chi connectivity index (χ4v) is 4.52. The predicted molar refractivity (Wildman–Crippen MR) is 106 cm³/mol. The van der Waals surface area contributed by atoms with Gasteiger partial charge < -0.3 is 10.1 Å². The number of nitrogens with one attached hydrogen (secondary N) is 1. The molecule has 2 heterocycles. The quantitative estimate of drug-likeness (QED) is 0.575. The Morgan fingerprint density at radius 3 is 2.47 bits per heavy atom. The highest BCUT2D eigenvalue weighted by Crippen LogP contribution is 2.18. The molecule has 1 amide bonds. The van der Waals surface area contributed by atoms with Crippen LogP contribution in [0.4, 0.5) is 8.78 Å². The number of rotatable bonds is 6. The first kappa shape index (κ1) is 21.9. The molecule has 1 aliphatic rings. The summed E-state index contributed by atoms with van der Waals surface area (Å²) in [5, 5.41) is 13.6. The predicted octanol–water partition coefficient (Wildman–Crippen LogP) is 0.891. The number of ether oxygens (including phenoxy) is 1. The number of halogens is 2. The van der Waals surface area contributed by atoms with Gasteiger partial charge in [-0.25, -0.2) is 17.2 Å². The molecule has 0 aliphatic carbocycles. The van der Waals surface area contributed by atoms with Crippen LogP contribution in [0.3, 0.4) is 0 Å². The maximum Gasteiger partial charge on any atom is 0.251 e. The van der Waals surface area contributed by atoms with Crippen molar-refractivity contribution < 1.29 is 26.7 Å². The van der Waals surface area contributed by atoms with Crippen LogP contribution in [0.1, 0.15) is 16.2 Å². The number of benzene rings is 2. The molecule has 0 saturated carbocycles. The summed E-state index contributed by atoms with van der Waals surface area (Å²) in [7, 11) is -3.66. The van der Waals surface area contributed by atoms with Gasteiger partial charge in [0.2, 0.25) is 10.0 Å². The summed E-state index contributed by atoms with van der Waals surface area (Å²) >= 11 is 0. The third kappa shape index (κ3) is 4.49. The molecule has 4 rings (SSSR count). The van der Waals surface area contributed by atoms with Crippen molar-refractivity contribution in [3.05, 3.63) is 65.5 Å². The molecule has 1 N–H and O–H groups in total. The maximum atomic E-state index is 13.5. The normalized spacial score (nSPS) is 14.9. The molecule has 2 aromatic carbocycles. The number of morpholine rings is 1. The molecule has 10 nitrogen and oxygen atoms in total. The van der Waals surface area contributed by atoms with Gasteiger partial charge >= 0.3 is 0 Å². The number of carbonyl (C=O) groups is 1. The van der Waals surface area contributed by atoms with Crippen molar-refractivity contribution >= 4 is 15.9 Å². The van der Waals surface area contributed by atoms with E-state index in [9.17, 15) is 22.0 Å². The molecule has 0 unspecified atom stereocenters. The zero-order chi connectivity index (χ0) is 22.7. The Kier molecular flexibility index (Phi) is 6.21. The minimum absolute atomic E-state index is 0.0817. The van der Waals surface area contributed by atoms with Crippen LogP contribution in [0.5, 0.6) is 0 Å². The van der Waals surface area contributed by atoms with Gasteiger partial charge in [0.05, 0.1) is 30.3 Å². The van der Waals surface area contributed by atoms with Crippen molar-refractivity contribution in [2.24, 2.45) is 0 Å². The summed E-state index contributed by atoms with van der Waals surface area (Å²) in [5.74, 6) is -2.35. The average Bonchev–Trinajstić information content (AvgIpc) is 3.28. The van der Waals surface area contributed by atoms with Gasteiger partial charge in [-0.2, -0.15) is 8.99 Å². The standard InChI is InChI=1S/C19H18F2N6O4S/c20-16-6-3-14(11-17(16)21)27-18(23-24-25-27)12-22-19(28)13-1-4-15(5-2-13)32(29,30)26-7-9-31-10-8-26/h1-6,11H,7-10,12H2,(H,22,28). The van der Waals surface area contributed by atoms with E-state index in [0.717, 1.165) is 12.1 Å². The smallest absolute Gasteiger partial charge is 0.251 e. The van der Waals surface area contributed by atoms with Gasteiger partial charge in [-0.1, -0.05) is 0 Å². The van der Waals surface area contributed by atoms with E-state index in [0.29, 0.717) is 13.2 Å². The highest BCUT2D eigenvalue weighted by molar-refractivity contribution is 7.89. The third-order valence-corrected chi connectivity index (χ3v) is 6.73. The van der Waals surface area contributed by atoms with Crippen LogP contribution in [0.2, 0.25) is 0 Å². The van der Waals surface area contributed by atoms with Crippen LogP contribution in [0.15, 0.2) is 47.4 Å². The molecule has 32 heavy (non-hydrogen) atoms. The number of tetrazole rings is 1. The average molecular weight is 464 g/mol. The Morgan fingerprint density at radius 1 is 1.06 bits per heavy atom. The van der Waals surface area contributed by atoms with Gasteiger partial charge in [0.1, 0.15) is 0 Å². The molecule has 3 aromatic rings. The maximum absolute atomic E-state index is 13.5. The minimum Gasteiger partial charge on any atom is -0.379 e. The van der Waals surface area contributed by atoms with Crippen LogP contribution in [0, 0.1) is 11.6 Å². The molecule has 1 saturated heterocycles. The third-order valence-electron chi connectivity index (χ3n) is 4.81. The summed E-state index contributed by atoms with van der Waals surface area (Å²) in [6.07, 6.45) is 0. The molecule has 0 atom stereocenters. The Labute approximate surface area is 181 Å². The van der Waals surface area contributed by atoms with Crippen molar-refractivity contribution in [1.82, 2.24) is 29.8 Å². The largest absolute Gasteiger partial charge is 0.379 e. The van der Waals surface area contributed by atoms with E-state index >= 15 is 0 Å². The van der Waals surface area contributed by atoms with E-state index in [1.165, 1.54) is 39.3 Å². The molecular formula is C19H18F2N6O4S. The van der Waals surface area contributed by atoms with Crippen molar-refractivity contribution in [2.45, 2.75) is 11.4 Å². The van der Waals surface area contributed by atoms with Crippen molar-refractivity contribution in [1.29, 1.82) is 0 Å². The molecule has 168 valence electrons. The lowest BCUT2D eigenvalue weighted by molar-refractivity contribution is 0.0730. The molecule has 0 radical (unpaired) electrons. The Balaban J connectivity index is 1.43. The monoisotopic (exact) mass is 464 g/mol. The summed E-state index contributed by atoms with van der Waals surface area (Å²) in [6, 6.07) is 8.72. The molecule has 0 bridgehead atoms. The van der Waals surface area contributed by atoms with E-state index in [4.69, 9.17) is 4.74 Å². The first-order valence-corrected chi connectivity index (χ1v) is 11.0. The summed E-state index contributed by atoms with van der Waals surface area (Å²) in [4.78, 5) is 12.6. The Morgan fingerprint density at radius 2 is 1.78 bits per heavy atom. The SMILES string of the molecule is O=C(NCc1nnnn1-c1ccc(F)c(F)c1)c1ccc(S(=O)(=O)N2CCOCC2)cc1. The second-order valence-corrected chi connectivity index (χ2v) is 8.77. The summed E-state index contributed by atoms with van der Waals surface area (Å²) in [5.41, 5.74) is 0.425. The van der Waals surface area contributed by atoms with E-state index in [2.05, 4.69) is 20.8 Å². The van der Waals surface area contributed by atoms with Crippen LogP contribution in [0.25, 0.3) is 5.69 Å². The topological polar surface area (TPSA) is 119 Å². The number of amides is 1. The van der Waals surface area contributed by atoms with E-state index in [1.54, 1.807) is 0 Å². The fraction of sp³-hybridized carbons (Fsp3) is 0.263. The zero-order valence-electron chi connectivity index (χ0n) is 16.6. The lowest BCUT2D eigenvalue weighted by Gasteiger charge is -2.26. The van der Waals surface area contributed by atoms with Crippen molar-refractivity contribution in [2.75, 3.05) is 26.3 Å². The second-order valence-electron chi connectivity index (χ2n) is 6.83. The Bertz CT molecular complexity index is 1230. The van der Waals surface area contributed by atoms with E-state index in [1.807, 2.05) is 0 Å². The molecule has 0 spiro atoms. The van der Waals surface area contributed by atoms with Crippen LogP contribution < -0.4 is 5.32 Å². The molecule has 13 heteroatoms. The molecule has 1 aromatic heterocycles. The highest BCUT2D eigenvalue weighted by Gasteiger charge is 2.26. The first-order chi connectivity index (χ1) is 15.4. The van der Waals surface area contributed by atoms with Crippen LogP contribution >= 0.6 is 0 Å². The van der Waals surface area contributed by atoms with Gasteiger partial charge in [-0.05, 0) is 46.8 Å². The molecule has 1 fully saturated rings. The first-order valence-electron chi connectivity index (χ1n) is 9.55. The lowest BCUT2D eigenvalue weighted by atomic mass is 10.2. The van der Waals surface area contributed by atoms with Gasteiger partial charge in [0, 0.05) is 24.7 Å². The van der Waals surface area contributed by atoms with Crippen LogP contribution in [-0.4, -0.2) is 65.1 Å². The Hall–Kier alpha value is -3.29. The van der Waals surface area contributed by atoms with Gasteiger partial charge in [-0.15, -0.1) is 5.10 Å². The number of hydrogen-bond acceptors (Lipinski definition) is 7. The van der Waals surface area contributed by atoms with Gasteiger partial charge in [-0.3, -0.25) is 4.79 Å².